The van der Waals surface area contributed by atoms with Crippen LogP contribution in [0.4, 0.5) is 17.1 Å². The second kappa shape index (κ2) is 14.6. The zero-order valence-corrected chi connectivity index (χ0v) is 35.0. The molecule has 0 aliphatic heterocycles. The molecule has 298 valence electrons. The number of benzene rings is 12. The van der Waals surface area contributed by atoms with Crippen LogP contribution in [0.25, 0.3) is 104 Å². The Labute approximate surface area is 371 Å². The summed E-state index contributed by atoms with van der Waals surface area (Å²) in [6, 6.07) is 89.2. The van der Waals surface area contributed by atoms with Gasteiger partial charge in [0.25, 0.3) is 0 Å². The van der Waals surface area contributed by atoms with E-state index in [9.17, 15) is 0 Å². The van der Waals surface area contributed by atoms with Gasteiger partial charge in [-0.25, -0.2) is 0 Å². The Morgan fingerprint density at radius 2 is 0.781 bits per heavy atom. The Hall–Kier alpha value is -8.46. The summed E-state index contributed by atoms with van der Waals surface area (Å²) in [6.07, 6.45) is 0. The van der Waals surface area contributed by atoms with Crippen LogP contribution in [-0.4, -0.2) is 4.57 Å². The standard InChI is InChI=1S/C62H40N2/c1-3-17-41(18-4-1)42-31-33-47(34-32-42)63(59-38-45-22-7-10-24-49(45)52-27-13-15-29-54(52)59)48-35-36-58-57(40-48)61-56(43-19-5-2-6-20-43)37-44-21-9-12-26-51(44)62(61)64(58)60-39-46-23-8-11-25-50(46)53-28-14-16-30-55(53)60/h1-40H. The van der Waals surface area contributed by atoms with E-state index in [0.717, 1.165) is 22.6 Å². The molecule has 13 aromatic rings. The third-order valence-corrected chi connectivity index (χ3v) is 13.3. The Balaban J connectivity index is 1.16. The fourth-order valence-electron chi connectivity index (χ4n) is 10.4. The minimum Gasteiger partial charge on any atom is -0.310 e. The van der Waals surface area contributed by atoms with Crippen molar-refractivity contribution in [3.63, 3.8) is 0 Å². The van der Waals surface area contributed by atoms with Crippen molar-refractivity contribution in [3.8, 4) is 27.9 Å². The van der Waals surface area contributed by atoms with E-state index >= 15 is 0 Å². The lowest BCUT2D eigenvalue weighted by Gasteiger charge is -2.28. The first-order chi connectivity index (χ1) is 31.8. The van der Waals surface area contributed by atoms with Crippen LogP contribution in [0, 0.1) is 0 Å². The predicted molar refractivity (Wildman–Crippen MR) is 274 cm³/mol. The molecule has 0 spiro atoms. The van der Waals surface area contributed by atoms with E-state index in [1.165, 1.54) is 98.1 Å². The maximum absolute atomic E-state index is 2.56. The summed E-state index contributed by atoms with van der Waals surface area (Å²) in [5, 5.41) is 14.7. The number of nitrogens with zero attached hydrogens (tertiary/aromatic N) is 2. The lowest BCUT2D eigenvalue weighted by atomic mass is 9.95. The third-order valence-electron chi connectivity index (χ3n) is 13.3. The lowest BCUT2D eigenvalue weighted by Crippen LogP contribution is -2.10. The average Bonchev–Trinajstić information content (AvgIpc) is 3.71. The fourth-order valence-corrected chi connectivity index (χ4v) is 10.4. The SMILES string of the molecule is c1ccc(-c2ccc(N(c3ccc4c(c3)c3c(-c5ccccc5)cc5ccccc5c3n4-c3cc4ccccc4c4ccccc34)c3cc4ccccc4c4ccccc34)cc2)cc1. The van der Waals surface area contributed by atoms with Gasteiger partial charge in [0, 0.05) is 38.3 Å². The first-order valence-electron chi connectivity index (χ1n) is 22.1. The molecule has 64 heavy (non-hydrogen) atoms. The number of anilines is 3. The average molecular weight is 813 g/mol. The molecular formula is C62H40N2. The van der Waals surface area contributed by atoms with E-state index in [2.05, 4.69) is 252 Å². The van der Waals surface area contributed by atoms with E-state index in [0.29, 0.717) is 0 Å². The molecule has 1 heterocycles. The van der Waals surface area contributed by atoms with Crippen molar-refractivity contribution in [2.75, 3.05) is 4.90 Å². The second-order valence-corrected chi connectivity index (χ2v) is 16.8. The smallest absolute Gasteiger partial charge is 0.0626 e. The molecule has 0 radical (unpaired) electrons. The summed E-state index contributed by atoms with van der Waals surface area (Å²) in [5.41, 5.74) is 11.7. The van der Waals surface area contributed by atoms with Gasteiger partial charge in [0.15, 0.2) is 0 Å². The van der Waals surface area contributed by atoms with Crippen molar-refractivity contribution in [2.45, 2.75) is 0 Å². The largest absolute Gasteiger partial charge is 0.310 e. The fraction of sp³-hybridized carbons (Fsp3) is 0. The van der Waals surface area contributed by atoms with Crippen LogP contribution in [0.3, 0.4) is 0 Å². The summed E-state index contributed by atoms with van der Waals surface area (Å²) in [5.74, 6) is 0. The highest BCUT2D eigenvalue weighted by Crippen LogP contribution is 2.48. The van der Waals surface area contributed by atoms with Gasteiger partial charge < -0.3 is 9.47 Å². The van der Waals surface area contributed by atoms with Crippen LogP contribution in [-0.2, 0) is 0 Å². The van der Waals surface area contributed by atoms with Gasteiger partial charge in [-0.3, -0.25) is 0 Å². The van der Waals surface area contributed by atoms with Crippen LogP contribution in [0.1, 0.15) is 0 Å². The zero-order valence-electron chi connectivity index (χ0n) is 35.0. The molecule has 12 aromatic carbocycles. The number of hydrogen-bond acceptors (Lipinski definition) is 1. The van der Waals surface area contributed by atoms with Crippen LogP contribution in [0.15, 0.2) is 243 Å². The van der Waals surface area contributed by atoms with Crippen molar-refractivity contribution in [1.82, 2.24) is 4.57 Å². The van der Waals surface area contributed by atoms with Gasteiger partial charge in [0.2, 0.25) is 0 Å². The van der Waals surface area contributed by atoms with Crippen molar-refractivity contribution in [1.29, 1.82) is 0 Å². The number of rotatable bonds is 6. The van der Waals surface area contributed by atoms with E-state index in [-0.39, 0.29) is 0 Å². The minimum atomic E-state index is 1.09. The van der Waals surface area contributed by atoms with Crippen molar-refractivity contribution >= 4 is 92.7 Å². The molecule has 0 bridgehead atoms. The Kier molecular flexibility index (Phi) is 8.25. The summed E-state index contributed by atoms with van der Waals surface area (Å²) < 4.78 is 2.56. The van der Waals surface area contributed by atoms with Crippen LogP contribution >= 0.6 is 0 Å². The molecule has 13 rings (SSSR count). The van der Waals surface area contributed by atoms with E-state index in [1.54, 1.807) is 0 Å². The molecule has 0 atom stereocenters. The molecule has 0 aliphatic rings. The molecule has 0 unspecified atom stereocenters. The van der Waals surface area contributed by atoms with Gasteiger partial charge in [-0.2, -0.15) is 0 Å². The van der Waals surface area contributed by atoms with Crippen LogP contribution < -0.4 is 4.90 Å². The molecule has 0 N–H and O–H groups in total. The number of aromatic nitrogens is 1. The Bertz CT molecular complexity index is 3940. The molecule has 0 fully saturated rings. The van der Waals surface area contributed by atoms with Gasteiger partial charge in [-0.15, -0.1) is 0 Å². The Morgan fingerprint density at radius 3 is 1.45 bits per heavy atom. The molecule has 2 heteroatoms. The number of hydrogen-bond donors (Lipinski definition) is 0. The highest BCUT2D eigenvalue weighted by atomic mass is 15.1. The summed E-state index contributed by atoms with van der Waals surface area (Å²) in [6.45, 7) is 0. The van der Waals surface area contributed by atoms with Gasteiger partial charge in [0.05, 0.1) is 22.4 Å². The Morgan fingerprint density at radius 1 is 0.297 bits per heavy atom. The summed E-state index contributed by atoms with van der Waals surface area (Å²) in [4.78, 5) is 2.47. The van der Waals surface area contributed by atoms with E-state index in [4.69, 9.17) is 0 Å². The first-order valence-corrected chi connectivity index (χ1v) is 22.1. The highest BCUT2D eigenvalue weighted by Gasteiger charge is 2.24. The van der Waals surface area contributed by atoms with E-state index in [1.807, 2.05) is 0 Å². The van der Waals surface area contributed by atoms with E-state index < -0.39 is 0 Å². The monoisotopic (exact) mass is 812 g/mol. The molecular weight excluding hydrogens is 773 g/mol. The molecule has 0 amide bonds. The maximum atomic E-state index is 2.56. The highest BCUT2D eigenvalue weighted by molar-refractivity contribution is 6.26. The number of fused-ring (bicyclic) bond motifs is 11. The predicted octanol–water partition coefficient (Wildman–Crippen LogP) is 17.4. The van der Waals surface area contributed by atoms with Gasteiger partial charge >= 0.3 is 0 Å². The third kappa shape index (κ3) is 5.66. The van der Waals surface area contributed by atoms with Crippen molar-refractivity contribution in [2.24, 2.45) is 0 Å². The maximum Gasteiger partial charge on any atom is 0.0626 e. The molecule has 0 aliphatic carbocycles. The zero-order chi connectivity index (χ0) is 42.1. The topological polar surface area (TPSA) is 8.17 Å². The van der Waals surface area contributed by atoms with Gasteiger partial charge in [0.1, 0.15) is 0 Å². The molecule has 0 saturated heterocycles. The lowest BCUT2D eigenvalue weighted by molar-refractivity contribution is 1.21. The van der Waals surface area contributed by atoms with Crippen LogP contribution in [0.2, 0.25) is 0 Å². The van der Waals surface area contributed by atoms with Crippen molar-refractivity contribution in [3.05, 3.63) is 243 Å². The normalized spacial score (nSPS) is 11.8. The van der Waals surface area contributed by atoms with Crippen LogP contribution in [0.5, 0.6) is 0 Å². The van der Waals surface area contributed by atoms with Crippen molar-refractivity contribution < 1.29 is 0 Å². The molecule has 2 nitrogen and oxygen atoms in total. The van der Waals surface area contributed by atoms with Gasteiger partial charge in [-0.1, -0.05) is 194 Å². The summed E-state index contributed by atoms with van der Waals surface area (Å²) >= 11 is 0. The minimum absolute atomic E-state index is 1.09. The quantitative estimate of drug-likeness (QED) is 0.152. The van der Waals surface area contributed by atoms with Gasteiger partial charge in [-0.05, 0) is 108 Å². The molecule has 0 saturated carbocycles. The summed E-state index contributed by atoms with van der Waals surface area (Å²) in [7, 11) is 0. The molecule has 1 aromatic heterocycles. The first kappa shape index (κ1) is 36.2. The second-order valence-electron chi connectivity index (χ2n) is 16.8.